The van der Waals surface area contributed by atoms with Gasteiger partial charge in [-0.15, -0.1) is 11.3 Å². The molecule has 5 nitrogen and oxygen atoms in total. The average molecular weight is 379 g/mol. The van der Waals surface area contributed by atoms with Gasteiger partial charge < -0.3 is 14.3 Å². The molecule has 0 aliphatic rings. The van der Waals surface area contributed by atoms with Gasteiger partial charge in [0.05, 0.1) is 11.0 Å². The number of nitrogens with one attached hydrogen (secondary N) is 1. The van der Waals surface area contributed by atoms with E-state index in [1.807, 2.05) is 58.4 Å². The summed E-state index contributed by atoms with van der Waals surface area (Å²) in [5, 5.41) is 5.00. The number of benzene rings is 1. The number of aryl methyl sites for hydroxylation is 1. The molecule has 0 spiro atoms. The molecule has 0 aliphatic carbocycles. The Hall–Kier alpha value is -2.86. The molecule has 6 heteroatoms. The van der Waals surface area contributed by atoms with Crippen molar-refractivity contribution in [2.24, 2.45) is 0 Å². The Morgan fingerprint density at radius 2 is 1.81 bits per heavy atom. The zero-order chi connectivity index (χ0) is 18.6. The van der Waals surface area contributed by atoms with Gasteiger partial charge in [0, 0.05) is 30.6 Å². The molecule has 0 saturated heterocycles. The van der Waals surface area contributed by atoms with Gasteiger partial charge in [-0.1, -0.05) is 18.2 Å². The van der Waals surface area contributed by atoms with E-state index in [0.717, 1.165) is 17.5 Å². The van der Waals surface area contributed by atoms with Gasteiger partial charge in [-0.05, 0) is 48.6 Å². The van der Waals surface area contributed by atoms with Crippen molar-refractivity contribution < 1.29 is 4.79 Å². The molecule has 0 radical (unpaired) electrons. The summed E-state index contributed by atoms with van der Waals surface area (Å²) < 4.78 is 3.70. The molecule has 3 heterocycles. The Kier molecular flexibility index (Phi) is 5.07. The molecule has 0 aliphatic heterocycles. The number of nitrogens with zero attached hydrogens (tertiary/aromatic N) is 2. The highest BCUT2D eigenvalue weighted by Crippen LogP contribution is 2.15. The van der Waals surface area contributed by atoms with Gasteiger partial charge in [-0.2, -0.15) is 0 Å². The first-order valence-electron chi connectivity index (χ1n) is 9.12. The van der Waals surface area contributed by atoms with Crippen molar-refractivity contribution in [3.05, 3.63) is 75.3 Å². The van der Waals surface area contributed by atoms with E-state index in [4.69, 9.17) is 0 Å². The molecule has 0 bridgehead atoms. The van der Waals surface area contributed by atoms with E-state index in [1.54, 1.807) is 15.9 Å². The van der Waals surface area contributed by atoms with Crippen LogP contribution < -0.4 is 10.9 Å². The number of fused-ring (bicyclic) bond motifs is 3. The number of rotatable bonds is 7. The van der Waals surface area contributed by atoms with Crippen LogP contribution in [0.1, 0.15) is 17.7 Å². The van der Waals surface area contributed by atoms with E-state index in [2.05, 4.69) is 11.4 Å². The van der Waals surface area contributed by atoms with Crippen LogP contribution in [0.3, 0.4) is 0 Å². The monoisotopic (exact) mass is 379 g/mol. The number of aromatic nitrogens is 2. The molecule has 0 unspecified atom stereocenters. The maximum Gasteiger partial charge on any atom is 0.275 e. The van der Waals surface area contributed by atoms with Crippen molar-refractivity contribution in [3.8, 4) is 0 Å². The van der Waals surface area contributed by atoms with E-state index in [-0.39, 0.29) is 11.5 Å². The lowest BCUT2D eigenvalue weighted by atomic mass is 10.2. The average Bonchev–Trinajstić information content (AvgIpc) is 3.36. The number of carbonyl (C=O) groups excluding carboxylic acids is 1. The molecule has 3 aromatic heterocycles. The summed E-state index contributed by atoms with van der Waals surface area (Å²) in [4.78, 5) is 26.2. The summed E-state index contributed by atoms with van der Waals surface area (Å²) in [7, 11) is 0. The molecule has 1 amide bonds. The maximum atomic E-state index is 12.8. The third-order valence-corrected chi connectivity index (χ3v) is 5.64. The smallest absolute Gasteiger partial charge is 0.275 e. The van der Waals surface area contributed by atoms with E-state index >= 15 is 0 Å². The zero-order valence-corrected chi connectivity index (χ0v) is 15.7. The van der Waals surface area contributed by atoms with Crippen LogP contribution in [0.5, 0.6) is 0 Å². The van der Waals surface area contributed by atoms with Crippen LogP contribution >= 0.6 is 11.3 Å². The number of amides is 1. The Labute approximate surface area is 160 Å². The molecule has 4 aromatic rings. The minimum Gasteiger partial charge on any atom is -0.356 e. The fourth-order valence-electron chi connectivity index (χ4n) is 3.40. The molecular weight excluding hydrogens is 358 g/mol. The van der Waals surface area contributed by atoms with Crippen molar-refractivity contribution >= 4 is 33.8 Å². The first kappa shape index (κ1) is 17.5. The number of carbonyl (C=O) groups is 1. The lowest BCUT2D eigenvalue weighted by Crippen LogP contribution is -2.27. The first-order chi connectivity index (χ1) is 13.2. The highest BCUT2D eigenvalue weighted by Gasteiger charge is 2.10. The second kappa shape index (κ2) is 7.80. The third kappa shape index (κ3) is 3.66. The number of hydrogen-bond donors (Lipinski definition) is 1. The Morgan fingerprint density at radius 1 is 1.00 bits per heavy atom. The lowest BCUT2D eigenvalue weighted by molar-refractivity contribution is -0.121. The summed E-state index contributed by atoms with van der Waals surface area (Å²) in [6.45, 7) is 1.18. The van der Waals surface area contributed by atoms with Gasteiger partial charge in [0.2, 0.25) is 5.91 Å². The molecule has 0 atom stereocenters. The topological polar surface area (TPSA) is 55.5 Å². The minimum absolute atomic E-state index is 0.0168. The Morgan fingerprint density at radius 3 is 2.63 bits per heavy atom. The highest BCUT2D eigenvalue weighted by molar-refractivity contribution is 7.09. The van der Waals surface area contributed by atoms with Crippen LogP contribution in [0.15, 0.2) is 64.9 Å². The molecule has 27 heavy (non-hydrogen) atoms. The largest absolute Gasteiger partial charge is 0.356 e. The summed E-state index contributed by atoms with van der Waals surface area (Å²) in [5.41, 5.74) is 2.53. The van der Waals surface area contributed by atoms with Crippen molar-refractivity contribution in [1.82, 2.24) is 14.3 Å². The predicted molar refractivity (Wildman–Crippen MR) is 109 cm³/mol. The number of para-hydroxylation sites is 2. The highest BCUT2D eigenvalue weighted by atomic mass is 32.1. The fraction of sp³-hybridized carbons (Fsp3) is 0.238. The standard InChI is InChI=1S/C21H21N3O2S/c25-20(22-12-11-16-6-5-15-27-16)10-4-14-24-18-8-2-1-7-17(18)23-13-3-9-19(23)21(24)26/h1-3,5-9,13,15H,4,10-12,14H2,(H,22,25). The number of hydrogen-bond acceptors (Lipinski definition) is 3. The summed E-state index contributed by atoms with van der Waals surface area (Å²) >= 11 is 1.70. The minimum atomic E-state index is -0.0168. The van der Waals surface area contributed by atoms with Gasteiger partial charge >= 0.3 is 0 Å². The van der Waals surface area contributed by atoms with E-state index < -0.39 is 0 Å². The van der Waals surface area contributed by atoms with Crippen LogP contribution in [-0.4, -0.2) is 21.4 Å². The SMILES string of the molecule is O=C(CCCn1c(=O)c2cccn2c2ccccc21)NCCc1cccs1. The Bertz CT molecular complexity index is 1130. The van der Waals surface area contributed by atoms with Crippen LogP contribution in [-0.2, 0) is 17.8 Å². The van der Waals surface area contributed by atoms with Crippen molar-refractivity contribution in [3.63, 3.8) is 0 Å². The molecule has 1 N–H and O–H groups in total. The predicted octanol–water partition coefficient (Wildman–Crippen LogP) is 3.45. The van der Waals surface area contributed by atoms with Crippen molar-refractivity contribution in [1.29, 1.82) is 0 Å². The summed E-state index contributed by atoms with van der Waals surface area (Å²) in [6, 6.07) is 15.7. The van der Waals surface area contributed by atoms with Gasteiger partial charge in [-0.25, -0.2) is 0 Å². The third-order valence-electron chi connectivity index (χ3n) is 4.70. The summed E-state index contributed by atoms with van der Waals surface area (Å²) in [6.07, 6.45) is 3.81. The summed E-state index contributed by atoms with van der Waals surface area (Å²) in [5.74, 6) is 0.0349. The van der Waals surface area contributed by atoms with E-state index in [1.165, 1.54) is 4.88 Å². The van der Waals surface area contributed by atoms with Crippen LogP contribution in [0.2, 0.25) is 0 Å². The van der Waals surface area contributed by atoms with E-state index in [0.29, 0.717) is 31.4 Å². The van der Waals surface area contributed by atoms with Crippen LogP contribution in [0.4, 0.5) is 0 Å². The van der Waals surface area contributed by atoms with Gasteiger partial charge in [-0.3, -0.25) is 9.59 Å². The second-order valence-corrected chi connectivity index (χ2v) is 7.52. The normalized spacial score (nSPS) is 11.3. The van der Waals surface area contributed by atoms with Gasteiger partial charge in [0.15, 0.2) is 0 Å². The van der Waals surface area contributed by atoms with E-state index in [9.17, 15) is 9.59 Å². The quantitative estimate of drug-likeness (QED) is 0.535. The molecule has 4 rings (SSSR count). The number of thiophene rings is 1. The van der Waals surface area contributed by atoms with Crippen LogP contribution in [0.25, 0.3) is 16.6 Å². The molecule has 0 fully saturated rings. The van der Waals surface area contributed by atoms with Crippen molar-refractivity contribution in [2.45, 2.75) is 25.8 Å². The van der Waals surface area contributed by atoms with Gasteiger partial charge in [0.25, 0.3) is 5.56 Å². The zero-order valence-electron chi connectivity index (χ0n) is 14.9. The van der Waals surface area contributed by atoms with Crippen LogP contribution in [0, 0.1) is 0 Å². The molecule has 138 valence electrons. The molecular formula is C21H21N3O2S. The lowest BCUT2D eigenvalue weighted by Gasteiger charge is -2.12. The first-order valence-corrected chi connectivity index (χ1v) is 10.00. The van der Waals surface area contributed by atoms with Crippen molar-refractivity contribution in [2.75, 3.05) is 6.54 Å². The second-order valence-electron chi connectivity index (χ2n) is 6.49. The fourth-order valence-corrected chi connectivity index (χ4v) is 4.11. The molecule has 1 aromatic carbocycles. The Balaban J connectivity index is 1.42. The van der Waals surface area contributed by atoms with Gasteiger partial charge in [0.1, 0.15) is 5.52 Å². The molecule has 0 saturated carbocycles. The maximum absolute atomic E-state index is 12.8.